The third-order valence-electron chi connectivity index (χ3n) is 3.38. The summed E-state index contributed by atoms with van der Waals surface area (Å²) in [5.41, 5.74) is 1.66. The Morgan fingerprint density at radius 1 is 1.09 bits per heavy atom. The van der Waals surface area contributed by atoms with Gasteiger partial charge in [-0.1, -0.05) is 23.2 Å². The first kappa shape index (κ1) is 15.7. The van der Waals surface area contributed by atoms with Gasteiger partial charge in [-0.25, -0.2) is 4.79 Å². The largest absolute Gasteiger partial charge is 0.497 e. The molecule has 6 heteroatoms. The minimum absolute atomic E-state index is 0.410. The number of nitrogens with one attached hydrogen (secondary N) is 1. The van der Waals surface area contributed by atoms with E-state index in [1.807, 2.05) is 12.1 Å². The molecule has 1 aromatic heterocycles. The van der Waals surface area contributed by atoms with Crippen LogP contribution in [0.15, 0.2) is 51.7 Å². The number of fused-ring (bicyclic) bond motifs is 1. The lowest BCUT2D eigenvalue weighted by molar-refractivity contribution is 0.414. The summed E-state index contributed by atoms with van der Waals surface area (Å²) in [4.78, 5) is 11.7. The molecule has 0 radical (unpaired) electrons. The van der Waals surface area contributed by atoms with Gasteiger partial charge in [0, 0.05) is 39.8 Å². The summed E-state index contributed by atoms with van der Waals surface area (Å²) >= 11 is 12.0. The molecule has 2 aromatic carbocycles. The average Bonchev–Trinajstić information content (AvgIpc) is 2.50. The van der Waals surface area contributed by atoms with Gasteiger partial charge >= 0.3 is 5.63 Å². The summed E-state index contributed by atoms with van der Waals surface area (Å²) in [5.74, 6) is 0.632. The lowest BCUT2D eigenvalue weighted by atomic mass is 10.1. The molecule has 118 valence electrons. The van der Waals surface area contributed by atoms with E-state index in [4.69, 9.17) is 32.4 Å². The molecule has 0 unspecified atom stereocenters. The average molecular weight is 350 g/mol. The third kappa shape index (κ3) is 3.60. The monoisotopic (exact) mass is 349 g/mol. The Bertz CT molecular complexity index is 901. The van der Waals surface area contributed by atoms with Crippen LogP contribution in [0.3, 0.4) is 0 Å². The number of rotatable bonds is 4. The quantitative estimate of drug-likeness (QED) is 0.692. The van der Waals surface area contributed by atoms with Gasteiger partial charge in [-0.05, 0) is 35.9 Å². The van der Waals surface area contributed by atoms with Crippen LogP contribution < -0.4 is 15.7 Å². The van der Waals surface area contributed by atoms with Crippen molar-refractivity contribution in [3.63, 3.8) is 0 Å². The van der Waals surface area contributed by atoms with Crippen molar-refractivity contribution in [2.24, 2.45) is 0 Å². The second-order valence-electron chi connectivity index (χ2n) is 4.96. The van der Waals surface area contributed by atoms with Gasteiger partial charge in [0.1, 0.15) is 11.3 Å². The van der Waals surface area contributed by atoms with Crippen LogP contribution in [0, 0.1) is 0 Å². The molecule has 0 saturated heterocycles. The lowest BCUT2D eigenvalue weighted by Gasteiger charge is -2.10. The Kier molecular flexibility index (Phi) is 4.46. The second-order valence-corrected chi connectivity index (χ2v) is 5.84. The van der Waals surface area contributed by atoms with E-state index in [0.29, 0.717) is 27.9 Å². The lowest BCUT2D eigenvalue weighted by Crippen LogP contribution is -2.06. The van der Waals surface area contributed by atoms with Crippen LogP contribution in [0.4, 0.5) is 5.69 Å². The first-order valence-corrected chi connectivity index (χ1v) is 7.61. The molecule has 0 amide bonds. The van der Waals surface area contributed by atoms with Gasteiger partial charge in [0.05, 0.1) is 7.11 Å². The van der Waals surface area contributed by atoms with E-state index in [9.17, 15) is 4.79 Å². The Labute approximate surface area is 142 Å². The fourth-order valence-corrected chi connectivity index (χ4v) is 2.86. The van der Waals surface area contributed by atoms with Gasteiger partial charge in [0.2, 0.25) is 0 Å². The smallest absolute Gasteiger partial charge is 0.336 e. The molecular weight excluding hydrogens is 337 g/mol. The highest BCUT2D eigenvalue weighted by Crippen LogP contribution is 2.25. The van der Waals surface area contributed by atoms with Crippen LogP contribution in [-0.4, -0.2) is 7.11 Å². The van der Waals surface area contributed by atoms with Crippen LogP contribution in [0.2, 0.25) is 10.0 Å². The number of methoxy groups -OCH3 is 1. The van der Waals surface area contributed by atoms with E-state index in [-0.39, 0.29) is 0 Å². The molecule has 3 rings (SSSR count). The van der Waals surface area contributed by atoms with E-state index >= 15 is 0 Å². The highest BCUT2D eigenvalue weighted by atomic mass is 35.5. The normalized spacial score (nSPS) is 10.7. The first-order valence-electron chi connectivity index (χ1n) is 6.86. The molecular formula is C17H13Cl2NO3. The molecule has 0 saturated carbocycles. The highest BCUT2D eigenvalue weighted by molar-refractivity contribution is 6.35. The standard InChI is InChI=1S/C17H13Cl2NO3/c1-22-14-2-3-15-10(4-17(21)23-16(15)8-14)9-20-13-6-11(18)5-12(19)7-13/h2-8,20H,9H2,1H3. The fourth-order valence-electron chi connectivity index (χ4n) is 2.34. The van der Waals surface area contributed by atoms with Crippen molar-refractivity contribution in [2.45, 2.75) is 6.54 Å². The van der Waals surface area contributed by atoms with Crippen LogP contribution in [-0.2, 0) is 6.54 Å². The van der Waals surface area contributed by atoms with Gasteiger partial charge in [-0.15, -0.1) is 0 Å². The van der Waals surface area contributed by atoms with Crippen LogP contribution in [0.1, 0.15) is 5.56 Å². The highest BCUT2D eigenvalue weighted by Gasteiger charge is 2.07. The Hall–Kier alpha value is -2.17. The molecule has 0 aliphatic carbocycles. The van der Waals surface area contributed by atoms with E-state index < -0.39 is 5.63 Å². The second kappa shape index (κ2) is 6.52. The van der Waals surface area contributed by atoms with Gasteiger partial charge < -0.3 is 14.5 Å². The summed E-state index contributed by atoms with van der Waals surface area (Å²) in [7, 11) is 1.56. The van der Waals surface area contributed by atoms with E-state index in [2.05, 4.69) is 5.32 Å². The van der Waals surface area contributed by atoms with Gasteiger partial charge in [0.15, 0.2) is 0 Å². The predicted octanol–water partition coefficient (Wildman–Crippen LogP) is 4.72. The maximum absolute atomic E-state index is 11.7. The summed E-state index contributed by atoms with van der Waals surface area (Å²) < 4.78 is 10.4. The predicted molar refractivity (Wildman–Crippen MR) is 92.8 cm³/mol. The minimum atomic E-state index is -0.410. The van der Waals surface area contributed by atoms with Crippen LogP contribution >= 0.6 is 23.2 Å². The molecule has 23 heavy (non-hydrogen) atoms. The minimum Gasteiger partial charge on any atom is -0.497 e. The summed E-state index contributed by atoms with van der Waals surface area (Å²) in [6.07, 6.45) is 0. The summed E-state index contributed by atoms with van der Waals surface area (Å²) in [5, 5.41) is 5.14. The maximum atomic E-state index is 11.7. The molecule has 4 nitrogen and oxygen atoms in total. The van der Waals surface area contributed by atoms with E-state index in [1.165, 1.54) is 6.07 Å². The molecule has 3 aromatic rings. The van der Waals surface area contributed by atoms with Crippen molar-refractivity contribution in [3.8, 4) is 5.75 Å². The zero-order valence-corrected chi connectivity index (χ0v) is 13.7. The maximum Gasteiger partial charge on any atom is 0.336 e. The van der Waals surface area contributed by atoms with Gasteiger partial charge in [0.25, 0.3) is 0 Å². The van der Waals surface area contributed by atoms with Crippen molar-refractivity contribution >= 4 is 39.9 Å². The van der Waals surface area contributed by atoms with Crippen molar-refractivity contribution in [1.82, 2.24) is 0 Å². The number of halogens is 2. The molecule has 0 bridgehead atoms. The zero-order chi connectivity index (χ0) is 16.4. The Morgan fingerprint density at radius 2 is 1.83 bits per heavy atom. The van der Waals surface area contributed by atoms with Crippen LogP contribution in [0.25, 0.3) is 11.0 Å². The summed E-state index contributed by atoms with van der Waals surface area (Å²) in [6, 6.07) is 12.0. The van der Waals surface area contributed by atoms with Gasteiger partial charge in [-0.2, -0.15) is 0 Å². The number of anilines is 1. The fraction of sp³-hybridized carbons (Fsp3) is 0.118. The molecule has 0 spiro atoms. The molecule has 1 N–H and O–H groups in total. The van der Waals surface area contributed by atoms with Gasteiger partial charge in [-0.3, -0.25) is 0 Å². The van der Waals surface area contributed by atoms with E-state index in [0.717, 1.165) is 16.6 Å². The number of ether oxygens (including phenoxy) is 1. The zero-order valence-electron chi connectivity index (χ0n) is 12.2. The van der Waals surface area contributed by atoms with Crippen molar-refractivity contribution in [2.75, 3.05) is 12.4 Å². The molecule has 0 fully saturated rings. The van der Waals surface area contributed by atoms with E-state index in [1.54, 1.807) is 31.4 Å². The number of hydrogen-bond acceptors (Lipinski definition) is 4. The van der Waals surface area contributed by atoms with Crippen molar-refractivity contribution in [3.05, 3.63) is 68.5 Å². The van der Waals surface area contributed by atoms with Crippen molar-refractivity contribution in [1.29, 1.82) is 0 Å². The molecule has 0 aliphatic rings. The molecule has 0 atom stereocenters. The summed E-state index contributed by atoms with van der Waals surface area (Å²) in [6.45, 7) is 0.436. The van der Waals surface area contributed by atoms with Crippen LogP contribution in [0.5, 0.6) is 5.75 Å². The first-order chi connectivity index (χ1) is 11.0. The third-order valence-corrected chi connectivity index (χ3v) is 3.82. The number of benzene rings is 2. The number of hydrogen-bond donors (Lipinski definition) is 1. The molecule has 0 aliphatic heterocycles. The van der Waals surface area contributed by atoms with Crippen molar-refractivity contribution < 1.29 is 9.15 Å². The Balaban J connectivity index is 1.94. The topological polar surface area (TPSA) is 51.5 Å². The SMILES string of the molecule is COc1ccc2c(CNc3cc(Cl)cc(Cl)c3)cc(=O)oc2c1. The Morgan fingerprint density at radius 3 is 2.52 bits per heavy atom. The molecule has 1 heterocycles.